The Hall–Kier alpha value is -1.43. The van der Waals surface area contributed by atoms with Gasteiger partial charge in [-0.3, -0.25) is 9.48 Å². The first-order chi connectivity index (χ1) is 7.25. The van der Waals surface area contributed by atoms with Crippen molar-refractivity contribution in [3.8, 4) is 0 Å². The van der Waals surface area contributed by atoms with E-state index < -0.39 is 12.0 Å². The maximum Gasteiger partial charge on any atom is 0.320 e. The van der Waals surface area contributed by atoms with E-state index in [0.29, 0.717) is 19.0 Å². The van der Waals surface area contributed by atoms with Crippen molar-refractivity contribution in [1.82, 2.24) is 20.1 Å². The van der Waals surface area contributed by atoms with Gasteiger partial charge in [0.25, 0.3) is 0 Å². The number of hydrogen-bond donors (Lipinski definition) is 2. The van der Waals surface area contributed by atoms with E-state index in [0.717, 1.165) is 12.8 Å². The summed E-state index contributed by atoms with van der Waals surface area (Å²) < 4.78 is 1.64. The van der Waals surface area contributed by atoms with Gasteiger partial charge in [0, 0.05) is 12.6 Å². The minimum absolute atomic E-state index is 0.404. The molecule has 1 unspecified atom stereocenters. The first kappa shape index (κ1) is 10.1. The number of carboxylic acid groups (broad SMARTS) is 1. The fourth-order valence-electron chi connectivity index (χ4n) is 1.42. The lowest BCUT2D eigenvalue weighted by molar-refractivity contribution is -0.139. The van der Waals surface area contributed by atoms with Crippen molar-refractivity contribution in [2.24, 2.45) is 0 Å². The summed E-state index contributed by atoms with van der Waals surface area (Å²) in [7, 11) is 0. The second-order valence-corrected chi connectivity index (χ2v) is 3.78. The van der Waals surface area contributed by atoms with Gasteiger partial charge in [-0.2, -0.15) is 5.10 Å². The summed E-state index contributed by atoms with van der Waals surface area (Å²) in [5, 5.41) is 16.0. The molecule has 2 N–H and O–H groups in total. The molecule has 0 bridgehead atoms. The number of rotatable bonds is 6. The highest BCUT2D eigenvalue weighted by molar-refractivity contribution is 5.73. The molecule has 6 heteroatoms. The number of carbonyl (C=O) groups is 1. The molecule has 82 valence electrons. The minimum atomic E-state index is -0.790. The zero-order valence-corrected chi connectivity index (χ0v) is 8.33. The Kier molecular flexibility index (Phi) is 2.96. The molecule has 1 aromatic heterocycles. The smallest absolute Gasteiger partial charge is 0.320 e. The van der Waals surface area contributed by atoms with Crippen molar-refractivity contribution in [3.05, 3.63) is 12.7 Å². The Morgan fingerprint density at radius 3 is 3.00 bits per heavy atom. The topological polar surface area (TPSA) is 80.0 Å². The molecule has 0 amide bonds. The first-order valence-electron chi connectivity index (χ1n) is 5.07. The Morgan fingerprint density at radius 2 is 2.47 bits per heavy atom. The SMILES string of the molecule is O=C(O)C(CCn1cncn1)NC1CC1. The highest BCUT2D eigenvalue weighted by atomic mass is 16.4. The standard InChI is InChI=1S/C9H14N4O2/c14-9(15)8(12-7-1-2-7)3-4-13-6-10-5-11-13/h5-8,12H,1-4H2,(H,14,15). The summed E-state index contributed by atoms with van der Waals surface area (Å²) >= 11 is 0. The van der Waals surface area contributed by atoms with Gasteiger partial charge >= 0.3 is 5.97 Å². The third-order valence-corrected chi connectivity index (χ3v) is 2.43. The third-order valence-electron chi connectivity index (χ3n) is 2.43. The van der Waals surface area contributed by atoms with Crippen LogP contribution in [0.15, 0.2) is 12.7 Å². The summed E-state index contributed by atoms with van der Waals surface area (Å²) in [5.74, 6) is -0.790. The molecule has 0 radical (unpaired) electrons. The molecular weight excluding hydrogens is 196 g/mol. The molecule has 1 aliphatic rings. The van der Waals surface area contributed by atoms with Crippen molar-refractivity contribution >= 4 is 5.97 Å². The van der Waals surface area contributed by atoms with E-state index in [-0.39, 0.29) is 0 Å². The summed E-state index contributed by atoms with van der Waals surface area (Å²) in [6, 6.07) is -0.0662. The summed E-state index contributed by atoms with van der Waals surface area (Å²) in [6.45, 7) is 0.580. The monoisotopic (exact) mass is 210 g/mol. The van der Waals surface area contributed by atoms with E-state index in [1.165, 1.54) is 6.33 Å². The molecule has 0 saturated heterocycles. The molecule has 6 nitrogen and oxygen atoms in total. The van der Waals surface area contributed by atoms with Crippen LogP contribution < -0.4 is 5.32 Å². The van der Waals surface area contributed by atoms with Gasteiger partial charge in [-0.05, 0) is 19.3 Å². The Labute approximate surface area is 87.3 Å². The predicted octanol–water partition coefficient (Wildman–Crippen LogP) is -0.127. The maximum absolute atomic E-state index is 10.9. The molecule has 2 rings (SSSR count). The average Bonchev–Trinajstić information content (AvgIpc) is 2.87. The van der Waals surface area contributed by atoms with Crippen LogP contribution in [0.4, 0.5) is 0 Å². The van der Waals surface area contributed by atoms with Crippen LogP contribution in [0.3, 0.4) is 0 Å². The second kappa shape index (κ2) is 4.39. The fourth-order valence-corrected chi connectivity index (χ4v) is 1.42. The van der Waals surface area contributed by atoms with Gasteiger partial charge in [-0.25, -0.2) is 4.98 Å². The van der Waals surface area contributed by atoms with Gasteiger partial charge in [0.15, 0.2) is 0 Å². The van der Waals surface area contributed by atoms with E-state index >= 15 is 0 Å². The number of aromatic nitrogens is 3. The molecule has 1 aliphatic carbocycles. The zero-order valence-electron chi connectivity index (χ0n) is 8.33. The molecule has 0 aromatic carbocycles. The van der Waals surface area contributed by atoms with Gasteiger partial charge < -0.3 is 10.4 Å². The van der Waals surface area contributed by atoms with Crippen molar-refractivity contribution in [2.45, 2.75) is 37.9 Å². The molecule has 0 spiro atoms. The van der Waals surface area contributed by atoms with Crippen molar-refractivity contribution in [3.63, 3.8) is 0 Å². The van der Waals surface area contributed by atoms with Gasteiger partial charge in [0.1, 0.15) is 18.7 Å². The number of nitrogens with one attached hydrogen (secondary N) is 1. The van der Waals surface area contributed by atoms with E-state index in [4.69, 9.17) is 5.11 Å². The van der Waals surface area contributed by atoms with Crippen LogP contribution in [-0.4, -0.2) is 37.9 Å². The molecule has 1 saturated carbocycles. The van der Waals surface area contributed by atoms with E-state index in [1.54, 1.807) is 11.0 Å². The first-order valence-corrected chi connectivity index (χ1v) is 5.07. The molecule has 1 atom stereocenters. The van der Waals surface area contributed by atoms with Crippen LogP contribution in [0.2, 0.25) is 0 Å². The largest absolute Gasteiger partial charge is 0.480 e. The average molecular weight is 210 g/mol. The minimum Gasteiger partial charge on any atom is -0.480 e. The number of carboxylic acids is 1. The normalized spacial score (nSPS) is 17.6. The molecular formula is C9H14N4O2. The molecule has 0 aliphatic heterocycles. The van der Waals surface area contributed by atoms with Crippen LogP contribution in [-0.2, 0) is 11.3 Å². The van der Waals surface area contributed by atoms with Crippen molar-refractivity contribution < 1.29 is 9.90 Å². The van der Waals surface area contributed by atoms with Gasteiger partial charge in [-0.1, -0.05) is 0 Å². The Morgan fingerprint density at radius 1 is 1.67 bits per heavy atom. The highest BCUT2D eigenvalue weighted by Gasteiger charge is 2.27. The Bertz CT molecular complexity index is 321. The quantitative estimate of drug-likeness (QED) is 0.684. The van der Waals surface area contributed by atoms with Crippen LogP contribution in [0.5, 0.6) is 0 Å². The van der Waals surface area contributed by atoms with Gasteiger partial charge in [0.2, 0.25) is 0 Å². The van der Waals surface area contributed by atoms with E-state index in [1.807, 2.05) is 0 Å². The zero-order chi connectivity index (χ0) is 10.7. The van der Waals surface area contributed by atoms with Crippen molar-refractivity contribution in [1.29, 1.82) is 0 Å². The highest BCUT2D eigenvalue weighted by Crippen LogP contribution is 2.20. The predicted molar refractivity (Wildman–Crippen MR) is 52.2 cm³/mol. The van der Waals surface area contributed by atoms with E-state index in [9.17, 15) is 4.79 Å². The van der Waals surface area contributed by atoms with Crippen LogP contribution >= 0.6 is 0 Å². The van der Waals surface area contributed by atoms with Crippen LogP contribution in [0, 0.1) is 0 Å². The lowest BCUT2D eigenvalue weighted by Crippen LogP contribution is -2.38. The van der Waals surface area contributed by atoms with Crippen LogP contribution in [0.1, 0.15) is 19.3 Å². The lowest BCUT2D eigenvalue weighted by atomic mass is 10.2. The molecule has 1 fully saturated rings. The Balaban J connectivity index is 1.80. The number of hydrogen-bond acceptors (Lipinski definition) is 4. The summed E-state index contributed by atoms with van der Waals surface area (Å²) in [4.78, 5) is 14.7. The van der Waals surface area contributed by atoms with Crippen LogP contribution in [0.25, 0.3) is 0 Å². The molecule has 15 heavy (non-hydrogen) atoms. The van der Waals surface area contributed by atoms with Gasteiger partial charge in [-0.15, -0.1) is 0 Å². The third kappa shape index (κ3) is 3.02. The molecule has 1 heterocycles. The number of aryl methyl sites for hydroxylation is 1. The maximum atomic E-state index is 10.9. The second-order valence-electron chi connectivity index (χ2n) is 3.78. The summed E-state index contributed by atoms with van der Waals surface area (Å²) in [5.41, 5.74) is 0. The summed E-state index contributed by atoms with van der Waals surface area (Å²) in [6.07, 6.45) is 5.76. The fraction of sp³-hybridized carbons (Fsp3) is 0.667. The van der Waals surface area contributed by atoms with Gasteiger partial charge in [0.05, 0.1) is 0 Å². The van der Waals surface area contributed by atoms with E-state index in [2.05, 4.69) is 15.4 Å². The number of nitrogens with zero attached hydrogens (tertiary/aromatic N) is 3. The lowest BCUT2D eigenvalue weighted by Gasteiger charge is -2.13. The number of aliphatic carboxylic acids is 1. The van der Waals surface area contributed by atoms with Crippen molar-refractivity contribution in [2.75, 3.05) is 0 Å². The molecule has 1 aromatic rings.